The zero-order valence-corrected chi connectivity index (χ0v) is 58.7. The normalized spacial score (nSPS) is 17.9. The Hall–Kier alpha value is -8.68. The minimum absolute atomic E-state index is 0.0655. The van der Waals surface area contributed by atoms with Crippen LogP contribution < -0.4 is 18.9 Å². The lowest BCUT2D eigenvalue weighted by Crippen LogP contribution is -2.57. The number of hydrogen-bond donors (Lipinski definition) is 0. The summed E-state index contributed by atoms with van der Waals surface area (Å²) in [6.45, 7) is 7.49. The van der Waals surface area contributed by atoms with Crippen LogP contribution in [-0.2, 0) is 42.9 Å². The molecule has 0 spiro atoms. The predicted octanol–water partition coefficient (Wildman–Crippen LogP) is 11.3. The SMILES string of the molecule is COc1ccc(C2=NC(c3ccc(Cl)cc3)C(c3ccc(Cl)cc3)N2C(=O)N2CCN(CC(=O)OCCOCCOCCOCCOC(=O)CN3CCN(C(=O)N4C(c5ccc(OC)cc5OC(C)C)=NC(c5ccc(Cl)cc5)C4c4ccc(Cl)cc4)CC3=O)C(=O)C2)c(OC(C)C)c1. The van der Waals surface area contributed by atoms with Crippen LogP contribution in [0.3, 0.4) is 0 Å². The van der Waals surface area contributed by atoms with Crippen LogP contribution in [0.25, 0.3) is 0 Å². The number of piperazine rings is 2. The van der Waals surface area contributed by atoms with Crippen LogP contribution in [0.5, 0.6) is 23.0 Å². The number of urea groups is 2. The largest absolute Gasteiger partial charge is 0.497 e. The second kappa shape index (κ2) is 34.4. The molecule has 0 radical (unpaired) electrons. The van der Waals surface area contributed by atoms with Gasteiger partial charge < -0.3 is 62.2 Å². The Bertz CT molecular complexity index is 3640. The fourth-order valence-corrected chi connectivity index (χ4v) is 12.3. The molecule has 6 aromatic rings. The van der Waals surface area contributed by atoms with Gasteiger partial charge in [0.05, 0.1) is 89.3 Å². The number of carbonyl (C=O) groups is 6. The molecule has 524 valence electrons. The molecule has 0 bridgehead atoms. The Balaban J connectivity index is 0.632. The van der Waals surface area contributed by atoms with Gasteiger partial charge in [-0.25, -0.2) is 9.59 Å². The first-order valence-electron chi connectivity index (χ1n) is 32.4. The second-order valence-electron chi connectivity index (χ2n) is 24.0. The van der Waals surface area contributed by atoms with Crippen LogP contribution in [0.1, 0.15) is 85.2 Å². The van der Waals surface area contributed by atoms with E-state index in [-0.39, 0.29) is 117 Å². The summed E-state index contributed by atoms with van der Waals surface area (Å²) in [4.78, 5) is 103. The van der Waals surface area contributed by atoms with E-state index in [9.17, 15) is 19.2 Å². The Morgan fingerprint density at radius 3 is 1.08 bits per heavy atom. The Morgan fingerprint density at radius 1 is 0.444 bits per heavy atom. The first kappa shape index (κ1) is 73.0. The van der Waals surface area contributed by atoms with Crippen molar-refractivity contribution in [2.75, 3.05) is 119 Å². The summed E-state index contributed by atoms with van der Waals surface area (Å²) in [7, 11) is 3.11. The maximum Gasteiger partial charge on any atom is 0.326 e. The molecule has 0 N–H and O–H groups in total. The highest BCUT2D eigenvalue weighted by atomic mass is 35.5. The zero-order valence-electron chi connectivity index (χ0n) is 55.7. The summed E-state index contributed by atoms with van der Waals surface area (Å²) < 4.78 is 51.2. The summed E-state index contributed by atoms with van der Waals surface area (Å²) in [5, 5.41) is 2.10. The molecular formula is C72H78Cl4N8O15. The molecule has 6 aromatic carbocycles. The first-order chi connectivity index (χ1) is 47.8. The van der Waals surface area contributed by atoms with Gasteiger partial charge in [0, 0.05) is 58.4 Å². The molecule has 2 saturated heterocycles. The minimum atomic E-state index is -0.689. The molecule has 6 amide bonds. The van der Waals surface area contributed by atoms with Crippen molar-refractivity contribution in [2.45, 2.75) is 64.1 Å². The molecule has 0 aliphatic carbocycles. The lowest BCUT2D eigenvalue weighted by Gasteiger charge is -2.38. The van der Waals surface area contributed by atoms with Gasteiger partial charge in [-0.15, -0.1) is 0 Å². The van der Waals surface area contributed by atoms with E-state index < -0.39 is 60.0 Å². The van der Waals surface area contributed by atoms with Crippen LogP contribution >= 0.6 is 46.4 Å². The van der Waals surface area contributed by atoms with Crippen LogP contribution in [0.15, 0.2) is 143 Å². The number of methoxy groups -OCH3 is 2. The molecule has 4 heterocycles. The third-order valence-electron chi connectivity index (χ3n) is 16.5. The van der Waals surface area contributed by atoms with E-state index in [0.717, 1.165) is 22.3 Å². The number of amidine groups is 2. The molecule has 4 aliphatic heterocycles. The van der Waals surface area contributed by atoms with Gasteiger partial charge in [-0.3, -0.25) is 39.0 Å². The summed E-state index contributed by atoms with van der Waals surface area (Å²) in [6.07, 6.45) is -0.475. The van der Waals surface area contributed by atoms with Crippen LogP contribution in [-0.4, -0.2) is 209 Å². The minimum Gasteiger partial charge on any atom is -0.497 e. The molecule has 10 rings (SSSR count). The van der Waals surface area contributed by atoms with Crippen LogP contribution in [0, 0.1) is 0 Å². The number of ether oxygens (including phenoxy) is 9. The van der Waals surface area contributed by atoms with Crippen molar-refractivity contribution in [3.63, 3.8) is 0 Å². The molecule has 99 heavy (non-hydrogen) atoms. The Morgan fingerprint density at radius 2 is 0.768 bits per heavy atom. The third kappa shape index (κ3) is 18.6. The number of nitrogens with zero attached hydrogens (tertiary/aromatic N) is 8. The number of halogens is 4. The molecular weight excluding hydrogens is 1360 g/mol. The lowest BCUT2D eigenvalue weighted by atomic mass is 9.93. The fourth-order valence-electron chi connectivity index (χ4n) is 11.8. The van der Waals surface area contributed by atoms with E-state index in [4.69, 9.17) is 99.0 Å². The van der Waals surface area contributed by atoms with Crippen molar-refractivity contribution in [1.29, 1.82) is 0 Å². The van der Waals surface area contributed by atoms with Crippen molar-refractivity contribution in [1.82, 2.24) is 29.4 Å². The number of amides is 6. The summed E-state index contributed by atoms with van der Waals surface area (Å²) >= 11 is 25.4. The van der Waals surface area contributed by atoms with Gasteiger partial charge >= 0.3 is 24.0 Å². The standard InChI is InChI=1S/C72H78Cl4N8O15/c1-45(2)98-59-39-55(91-5)23-25-57(59)69-77-65(47-7-15-51(73)16-8-47)67(49-11-19-53(75)20-12-49)83(69)71(89)81-29-27-79(61(85)41-81)43-63(87)96-37-35-94-33-31-93-32-34-95-36-38-97-64(88)44-80-28-30-82(42-62(80)86)72(90)84-68(50-13-21-54(76)22-14-50)66(48-9-17-52(74)18-10-48)78-70(84)58-26-24-56(92-6)40-60(58)99-46(3)4/h7-26,39-40,45-46,65-68H,27-38,41-44H2,1-6H3. The number of aliphatic imine (C=N–C) groups is 2. The summed E-state index contributed by atoms with van der Waals surface area (Å²) in [5.41, 5.74) is 4.16. The van der Waals surface area contributed by atoms with E-state index in [0.29, 0.717) is 65.9 Å². The predicted molar refractivity (Wildman–Crippen MR) is 373 cm³/mol. The zero-order chi connectivity index (χ0) is 70.3. The Labute approximate surface area is 594 Å². The summed E-state index contributed by atoms with van der Waals surface area (Å²) in [5.74, 6) is 0.480. The third-order valence-corrected chi connectivity index (χ3v) is 17.5. The average Bonchev–Trinajstić information content (AvgIpc) is 1.61. The highest BCUT2D eigenvalue weighted by Crippen LogP contribution is 2.48. The molecule has 2 fully saturated rings. The molecule has 4 unspecified atom stereocenters. The van der Waals surface area contributed by atoms with Gasteiger partial charge in [0.1, 0.15) is 86.1 Å². The van der Waals surface area contributed by atoms with Gasteiger partial charge in [-0.2, -0.15) is 0 Å². The molecule has 0 saturated carbocycles. The van der Waals surface area contributed by atoms with Crippen molar-refractivity contribution in [2.24, 2.45) is 9.98 Å². The quantitative estimate of drug-likeness (QED) is 0.0328. The average molecular weight is 1440 g/mol. The smallest absolute Gasteiger partial charge is 0.326 e. The van der Waals surface area contributed by atoms with E-state index >= 15 is 9.59 Å². The topological polar surface area (TPSA) is 230 Å². The maximum atomic E-state index is 15.1. The van der Waals surface area contributed by atoms with E-state index in [1.807, 2.05) is 76.2 Å². The molecule has 4 atom stereocenters. The molecule has 27 heteroatoms. The highest BCUT2D eigenvalue weighted by Gasteiger charge is 2.48. The molecule has 23 nitrogen and oxygen atoms in total. The van der Waals surface area contributed by atoms with Crippen molar-refractivity contribution < 1.29 is 71.4 Å². The van der Waals surface area contributed by atoms with Crippen molar-refractivity contribution in [3.05, 3.63) is 187 Å². The van der Waals surface area contributed by atoms with Gasteiger partial charge in [-0.05, 0) is 123 Å². The number of benzene rings is 6. The lowest BCUT2D eigenvalue weighted by molar-refractivity contribution is -0.152. The highest BCUT2D eigenvalue weighted by molar-refractivity contribution is 6.31. The maximum absolute atomic E-state index is 15.1. The van der Waals surface area contributed by atoms with Gasteiger partial charge in [0.25, 0.3) is 0 Å². The fraction of sp³-hybridized carbons (Fsp3) is 0.389. The number of carbonyl (C=O) groups excluding carboxylic acids is 6. The molecule has 4 aliphatic rings. The monoisotopic (exact) mass is 1430 g/mol. The first-order valence-corrected chi connectivity index (χ1v) is 33.9. The van der Waals surface area contributed by atoms with Crippen molar-refractivity contribution in [3.8, 4) is 23.0 Å². The van der Waals surface area contributed by atoms with Gasteiger partial charge in [-0.1, -0.05) is 94.9 Å². The van der Waals surface area contributed by atoms with E-state index in [2.05, 4.69) is 0 Å². The number of hydrogen-bond acceptors (Lipinski definition) is 17. The van der Waals surface area contributed by atoms with Crippen molar-refractivity contribution >= 4 is 93.9 Å². The van der Waals surface area contributed by atoms with Crippen LogP contribution in [0.2, 0.25) is 20.1 Å². The van der Waals surface area contributed by atoms with E-state index in [1.54, 1.807) is 109 Å². The Kier molecular flexibility index (Phi) is 25.4. The number of rotatable bonds is 28. The van der Waals surface area contributed by atoms with Crippen LogP contribution in [0.4, 0.5) is 9.59 Å². The second-order valence-corrected chi connectivity index (χ2v) is 25.8. The van der Waals surface area contributed by atoms with E-state index in [1.165, 1.54) is 19.6 Å². The molecule has 0 aromatic heterocycles. The summed E-state index contributed by atoms with van der Waals surface area (Å²) in [6, 6.07) is 36.0. The number of esters is 2. The van der Waals surface area contributed by atoms with Gasteiger partial charge in [0.2, 0.25) is 11.8 Å². The van der Waals surface area contributed by atoms with Gasteiger partial charge in [0.15, 0.2) is 0 Å².